The summed E-state index contributed by atoms with van der Waals surface area (Å²) in [6.07, 6.45) is 2.81. The first kappa shape index (κ1) is 11.8. The highest BCUT2D eigenvalue weighted by Crippen LogP contribution is 2.23. The number of aliphatic hydroxyl groups excluding tert-OH is 1. The van der Waals surface area contributed by atoms with Gasteiger partial charge in [-0.25, -0.2) is 4.98 Å². The summed E-state index contributed by atoms with van der Waals surface area (Å²) in [4.78, 5) is 15.4. The van der Waals surface area contributed by atoms with Gasteiger partial charge in [0.05, 0.1) is 0 Å². The topological polar surface area (TPSA) is 68.0 Å². The zero-order valence-electron chi connectivity index (χ0n) is 9.34. The van der Waals surface area contributed by atoms with E-state index in [2.05, 4.69) is 10.1 Å². The summed E-state index contributed by atoms with van der Waals surface area (Å²) < 4.78 is 1.68. The molecule has 0 radical (unpaired) electrons. The summed E-state index contributed by atoms with van der Waals surface area (Å²) in [6.45, 7) is 5.79. The Morgan fingerprint density at radius 3 is 2.73 bits per heavy atom. The molecular weight excluding hydrogens is 194 g/mol. The van der Waals surface area contributed by atoms with E-state index in [9.17, 15) is 9.90 Å². The van der Waals surface area contributed by atoms with Crippen molar-refractivity contribution in [3.05, 3.63) is 12.7 Å². The Labute approximate surface area is 89.1 Å². The van der Waals surface area contributed by atoms with E-state index in [1.54, 1.807) is 11.0 Å². The highest BCUT2D eigenvalue weighted by molar-refractivity contribution is 5.87. The summed E-state index contributed by atoms with van der Waals surface area (Å²) in [5.41, 5.74) is -0.528. The van der Waals surface area contributed by atoms with Crippen LogP contribution in [0.25, 0.3) is 0 Å². The summed E-state index contributed by atoms with van der Waals surface area (Å²) in [5.74, 6) is -0.136. The van der Waals surface area contributed by atoms with E-state index in [0.29, 0.717) is 13.0 Å². The van der Waals surface area contributed by atoms with Gasteiger partial charge in [-0.1, -0.05) is 13.8 Å². The first-order chi connectivity index (χ1) is 6.93. The summed E-state index contributed by atoms with van der Waals surface area (Å²) in [7, 11) is 0. The molecule has 0 spiro atoms. The first-order valence-electron chi connectivity index (χ1n) is 4.98. The molecule has 0 amide bonds. The third-order valence-electron chi connectivity index (χ3n) is 2.48. The summed E-state index contributed by atoms with van der Waals surface area (Å²) in [6, 6.07) is 0. The quantitative estimate of drug-likeness (QED) is 0.776. The predicted molar refractivity (Wildman–Crippen MR) is 55.1 cm³/mol. The Morgan fingerprint density at radius 1 is 1.60 bits per heavy atom. The molecule has 1 aromatic rings. The van der Waals surface area contributed by atoms with Gasteiger partial charge in [-0.3, -0.25) is 9.48 Å². The fourth-order valence-corrected chi connectivity index (χ4v) is 1.43. The molecule has 1 rings (SSSR count). The van der Waals surface area contributed by atoms with Gasteiger partial charge < -0.3 is 5.11 Å². The number of carbonyl (C=O) groups is 1. The van der Waals surface area contributed by atoms with Gasteiger partial charge in [0.15, 0.2) is 5.78 Å². The van der Waals surface area contributed by atoms with Crippen LogP contribution < -0.4 is 0 Å². The summed E-state index contributed by atoms with van der Waals surface area (Å²) >= 11 is 0. The third-order valence-corrected chi connectivity index (χ3v) is 2.48. The lowest BCUT2D eigenvalue weighted by Gasteiger charge is -2.24. The molecule has 0 saturated carbocycles. The molecule has 1 N–H and O–H groups in total. The van der Waals surface area contributed by atoms with Crippen molar-refractivity contribution in [2.45, 2.75) is 39.8 Å². The molecule has 5 heteroatoms. The largest absolute Gasteiger partial charge is 0.386 e. The van der Waals surface area contributed by atoms with Crippen molar-refractivity contribution in [1.29, 1.82) is 0 Å². The van der Waals surface area contributed by atoms with Crippen LogP contribution in [-0.2, 0) is 11.3 Å². The average Bonchev–Trinajstić information content (AvgIpc) is 2.66. The van der Waals surface area contributed by atoms with Gasteiger partial charge in [0.1, 0.15) is 18.8 Å². The van der Waals surface area contributed by atoms with Crippen LogP contribution >= 0.6 is 0 Å². The van der Waals surface area contributed by atoms with E-state index in [-0.39, 0.29) is 5.78 Å². The molecular formula is C10H17N3O2. The zero-order valence-corrected chi connectivity index (χ0v) is 9.34. The van der Waals surface area contributed by atoms with E-state index in [0.717, 1.165) is 0 Å². The van der Waals surface area contributed by atoms with Crippen molar-refractivity contribution in [3.63, 3.8) is 0 Å². The molecule has 5 nitrogen and oxygen atoms in total. The van der Waals surface area contributed by atoms with Crippen LogP contribution in [0.15, 0.2) is 12.7 Å². The molecule has 84 valence electrons. The average molecular weight is 211 g/mol. The summed E-state index contributed by atoms with van der Waals surface area (Å²) in [5, 5.41) is 13.2. The molecule has 0 fully saturated rings. The number of carbonyl (C=O) groups excluding carboxylic acids is 1. The van der Waals surface area contributed by atoms with Gasteiger partial charge in [0, 0.05) is 12.0 Å². The molecule has 1 unspecified atom stereocenters. The normalized spacial score (nSPS) is 13.9. The number of aliphatic hydroxyl groups is 1. The molecule has 1 heterocycles. The molecule has 15 heavy (non-hydrogen) atoms. The Hall–Kier alpha value is -1.23. The van der Waals surface area contributed by atoms with Crippen molar-refractivity contribution >= 4 is 5.78 Å². The number of ketones is 1. The maximum Gasteiger partial charge on any atom is 0.166 e. The molecule has 1 aromatic heterocycles. The first-order valence-corrected chi connectivity index (χ1v) is 4.98. The number of aryl methyl sites for hydroxylation is 1. The van der Waals surface area contributed by atoms with Crippen LogP contribution in [0.3, 0.4) is 0 Å². The molecule has 0 aromatic carbocycles. The number of rotatable bonds is 5. The van der Waals surface area contributed by atoms with Crippen LogP contribution in [0.1, 0.15) is 27.2 Å². The number of hydrogen-bond acceptors (Lipinski definition) is 4. The number of aromatic nitrogens is 3. The second-order valence-corrected chi connectivity index (χ2v) is 4.33. The fraction of sp³-hybridized carbons (Fsp3) is 0.700. The van der Waals surface area contributed by atoms with Gasteiger partial charge in [0.25, 0.3) is 0 Å². The maximum atomic E-state index is 11.6. The maximum absolute atomic E-state index is 11.6. The van der Waals surface area contributed by atoms with Crippen LogP contribution in [0.4, 0.5) is 0 Å². The molecule has 0 saturated heterocycles. The smallest absolute Gasteiger partial charge is 0.166 e. The van der Waals surface area contributed by atoms with Crippen molar-refractivity contribution in [3.8, 4) is 0 Å². The SMILES string of the molecule is CC(O)C(=O)C(C)(C)CCn1cncn1. The lowest BCUT2D eigenvalue weighted by atomic mass is 9.82. The monoisotopic (exact) mass is 211 g/mol. The van der Waals surface area contributed by atoms with Gasteiger partial charge in [-0.15, -0.1) is 0 Å². The van der Waals surface area contributed by atoms with Crippen molar-refractivity contribution in [1.82, 2.24) is 14.8 Å². The van der Waals surface area contributed by atoms with Crippen LogP contribution in [0.2, 0.25) is 0 Å². The van der Waals surface area contributed by atoms with Crippen LogP contribution in [-0.4, -0.2) is 31.8 Å². The number of nitrogens with zero attached hydrogens (tertiary/aromatic N) is 3. The standard InChI is InChI=1S/C10H17N3O2/c1-8(14)9(15)10(2,3)4-5-13-7-11-6-12-13/h6-8,14H,4-5H2,1-3H3. The fourth-order valence-electron chi connectivity index (χ4n) is 1.43. The van der Waals surface area contributed by atoms with Crippen molar-refractivity contribution in [2.75, 3.05) is 0 Å². The van der Waals surface area contributed by atoms with Gasteiger partial charge >= 0.3 is 0 Å². The minimum absolute atomic E-state index is 0.136. The molecule has 0 aliphatic rings. The lowest BCUT2D eigenvalue weighted by Crippen LogP contribution is -2.33. The van der Waals surface area contributed by atoms with Crippen LogP contribution in [0, 0.1) is 5.41 Å². The highest BCUT2D eigenvalue weighted by Gasteiger charge is 2.30. The lowest BCUT2D eigenvalue weighted by molar-refractivity contribution is -0.135. The van der Waals surface area contributed by atoms with Crippen molar-refractivity contribution in [2.24, 2.45) is 5.41 Å². The van der Waals surface area contributed by atoms with E-state index in [1.165, 1.54) is 13.3 Å². The van der Waals surface area contributed by atoms with Gasteiger partial charge in [-0.05, 0) is 13.3 Å². The zero-order chi connectivity index (χ0) is 11.5. The minimum Gasteiger partial charge on any atom is -0.386 e. The van der Waals surface area contributed by atoms with Gasteiger partial charge in [0.2, 0.25) is 0 Å². The predicted octanol–water partition coefficient (Wildman–Crippen LogP) is 0.644. The van der Waals surface area contributed by atoms with E-state index in [4.69, 9.17) is 0 Å². The highest BCUT2D eigenvalue weighted by atomic mass is 16.3. The van der Waals surface area contributed by atoms with E-state index in [1.807, 2.05) is 13.8 Å². The second-order valence-electron chi connectivity index (χ2n) is 4.33. The van der Waals surface area contributed by atoms with E-state index < -0.39 is 11.5 Å². The number of Topliss-reactive ketones (excluding diaryl/α,β-unsaturated/α-hetero) is 1. The second kappa shape index (κ2) is 4.53. The molecule has 0 aliphatic heterocycles. The minimum atomic E-state index is -0.907. The Balaban J connectivity index is 2.53. The Bertz CT molecular complexity index is 317. The molecule has 0 aliphatic carbocycles. The van der Waals surface area contributed by atoms with Crippen LogP contribution in [0.5, 0.6) is 0 Å². The van der Waals surface area contributed by atoms with Crippen molar-refractivity contribution < 1.29 is 9.90 Å². The van der Waals surface area contributed by atoms with Gasteiger partial charge in [-0.2, -0.15) is 5.10 Å². The Morgan fingerprint density at radius 2 is 2.27 bits per heavy atom. The van der Waals surface area contributed by atoms with E-state index >= 15 is 0 Å². The third kappa shape index (κ3) is 3.13. The Kier molecular flexibility index (Phi) is 3.57. The molecule has 1 atom stereocenters. The number of hydrogen-bond donors (Lipinski definition) is 1. The molecule has 0 bridgehead atoms.